The van der Waals surface area contributed by atoms with Crippen LogP contribution in [0.15, 0.2) is 35.5 Å². The highest BCUT2D eigenvalue weighted by Crippen LogP contribution is 2.21. The number of aromatic nitrogens is 1. The minimum absolute atomic E-state index is 0.205. The zero-order valence-corrected chi connectivity index (χ0v) is 13.9. The van der Waals surface area contributed by atoms with Crippen molar-refractivity contribution in [3.05, 3.63) is 46.5 Å². The maximum Gasteiger partial charge on any atom is 0.292 e. The highest BCUT2D eigenvalue weighted by atomic mass is 32.1. The molecule has 3 rings (SSSR count). The van der Waals surface area contributed by atoms with Gasteiger partial charge in [-0.3, -0.25) is 15.1 Å². The number of aliphatic imine (C=N–C) groups is 1. The molecule has 0 atom stereocenters. The van der Waals surface area contributed by atoms with E-state index in [-0.39, 0.29) is 5.91 Å². The van der Waals surface area contributed by atoms with Crippen molar-refractivity contribution in [3.63, 3.8) is 0 Å². The highest BCUT2D eigenvalue weighted by Gasteiger charge is 2.14. The summed E-state index contributed by atoms with van der Waals surface area (Å²) in [5.41, 5.74) is 2.50. The van der Waals surface area contributed by atoms with E-state index >= 15 is 0 Å². The maximum absolute atomic E-state index is 12.2. The first kappa shape index (κ1) is 15.7. The molecule has 5 nitrogen and oxygen atoms in total. The topological polar surface area (TPSA) is 66.4 Å². The number of hydrogen-bond donors (Lipinski definition) is 2. The lowest BCUT2D eigenvalue weighted by molar-refractivity contribution is -0.110. The van der Waals surface area contributed by atoms with Gasteiger partial charge in [0.15, 0.2) is 11.0 Å². The molecule has 1 aliphatic heterocycles. The average molecular weight is 328 g/mol. The van der Waals surface area contributed by atoms with Crippen LogP contribution in [0.5, 0.6) is 0 Å². The lowest BCUT2D eigenvalue weighted by Gasteiger charge is -2.05. The summed E-state index contributed by atoms with van der Waals surface area (Å²) in [7, 11) is 0. The molecule has 120 valence electrons. The van der Waals surface area contributed by atoms with Crippen LogP contribution in [0.1, 0.15) is 28.8 Å². The molecule has 2 heterocycles. The molecule has 0 saturated carbocycles. The number of carbonyl (C=O) groups is 1. The van der Waals surface area contributed by atoms with Gasteiger partial charge < -0.3 is 5.32 Å². The van der Waals surface area contributed by atoms with Gasteiger partial charge in [0.1, 0.15) is 0 Å². The monoisotopic (exact) mass is 328 g/mol. The quantitative estimate of drug-likeness (QED) is 0.907. The smallest absolute Gasteiger partial charge is 0.292 e. The molecular formula is C17H20N4OS. The zero-order valence-electron chi connectivity index (χ0n) is 13.1. The van der Waals surface area contributed by atoms with E-state index in [1.165, 1.54) is 22.5 Å². The number of thiazole rings is 1. The van der Waals surface area contributed by atoms with Crippen LogP contribution in [0.2, 0.25) is 0 Å². The molecule has 1 aromatic carbocycles. The van der Waals surface area contributed by atoms with E-state index in [4.69, 9.17) is 0 Å². The molecule has 0 radical (unpaired) electrons. The minimum Gasteiger partial charge on any atom is -0.366 e. The van der Waals surface area contributed by atoms with Crippen LogP contribution in [-0.2, 0) is 11.2 Å². The van der Waals surface area contributed by atoms with E-state index < -0.39 is 0 Å². The van der Waals surface area contributed by atoms with Gasteiger partial charge in [-0.05, 0) is 25.3 Å². The summed E-state index contributed by atoms with van der Waals surface area (Å²) in [6.07, 6.45) is 4.70. The summed E-state index contributed by atoms with van der Waals surface area (Å²) in [5, 5.41) is 6.51. The molecule has 1 aliphatic rings. The van der Waals surface area contributed by atoms with E-state index in [2.05, 4.69) is 51.8 Å². The molecule has 0 spiro atoms. The number of benzene rings is 1. The first-order valence-corrected chi connectivity index (χ1v) is 8.62. The minimum atomic E-state index is -0.205. The Morgan fingerprint density at radius 3 is 2.96 bits per heavy atom. The number of amidine groups is 1. The van der Waals surface area contributed by atoms with Gasteiger partial charge in [-0.1, -0.05) is 29.8 Å². The largest absolute Gasteiger partial charge is 0.366 e. The number of aryl methyl sites for hydroxylation is 1. The van der Waals surface area contributed by atoms with Crippen molar-refractivity contribution >= 4 is 28.2 Å². The van der Waals surface area contributed by atoms with E-state index in [0.29, 0.717) is 17.5 Å². The molecule has 0 fully saturated rings. The summed E-state index contributed by atoms with van der Waals surface area (Å²) in [6, 6.07) is 8.46. The van der Waals surface area contributed by atoms with Crippen molar-refractivity contribution in [3.8, 4) is 0 Å². The fourth-order valence-corrected chi connectivity index (χ4v) is 3.19. The fraction of sp³-hybridized carbons (Fsp3) is 0.353. The average Bonchev–Trinajstić information content (AvgIpc) is 2.81. The van der Waals surface area contributed by atoms with Crippen molar-refractivity contribution in [2.24, 2.45) is 4.99 Å². The van der Waals surface area contributed by atoms with Gasteiger partial charge in [-0.2, -0.15) is 0 Å². The molecule has 1 aromatic heterocycles. The fourth-order valence-electron chi connectivity index (χ4n) is 2.35. The summed E-state index contributed by atoms with van der Waals surface area (Å²) < 4.78 is 0. The molecule has 0 aliphatic carbocycles. The second-order valence-corrected chi connectivity index (χ2v) is 6.73. The molecule has 1 amide bonds. The standard InChI is InChI=1S/C17H20N4OS/c1-12-4-6-13(7-5-12)10-14-11-20-17(23-14)21-16(22)15-18-8-2-3-9-19-15/h4-7,11H,2-3,8-10H2,1H3,(H,18,19)(H,20,21,22). The van der Waals surface area contributed by atoms with E-state index in [1.54, 1.807) is 0 Å². The predicted octanol–water partition coefficient (Wildman–Crippen LogP) is 2.76. The predicted molar refractivity (Wildman–Crippen MR) is 94.3 cm³/mol. The number of nitrogens with zero attached hydrogens (tertiary/aromatic N) is 2. The Kier molecular flexibility index (Phi) is 5.02. The Bertz CT molecular complexity index is 706. The molecule has 0 unspecified atom stereocenters. The Morgan fingerprint density at radius 2 is 2.13 bits per heavy atom. The number of nitrogens with one attached hydrogen (secondary N) is 2. The van der Waals surface area contributed by atoms with Gasteiger partial charge in [0, 0.05) is 30.6 Å². The van der Waals surface area contributed by atoms with Gasteiger partial charge in [0.2, 0.25) is 0 Å². The van der Waals surface area contributed by atoms with Crippen molar-refractivity contribution in [1.82, 2.24) is 10.3 Å². The van der Waals surface area contributed by atoms with Crippen LogP contribution in [0, 0.1) is 6.92 Å². The van der Waals surface area contributed by atoms with Crippen LogP contribution in [-0.4, -0.2) is 29.8 Å². The summed E-state index contributed by atoms with van der Waals surface area (Å²) in [5.74, 6) is 0.209. The Labute approximate surface area is 139 Å². The third-order valence-electron chi connectivity index (χ3n) is 3.64. The Balaban J connectivity index is 1.61. The lowest BCUT2D eigenvalue weighted by Crippen LogP contribution is -2.35. The second kappa shape index (κ2) is 7.37. The van der Waals surface area contributed by atoms with Crippen molar-refractivity contribution in [1.29, 1.82) is 0 Å². The van der Waals surface area contributed by atoms with Crippen LogP contribution in [0.25, 0.3) is 0 Å². The van der Waals surface area contributed by atoms with E-state index in [1.807, 2.05) is 6.20 Å². The summed E-state index contributed by atoms with van der Waals surface area (Å²) in [4.78, 5) is 21.9. The lowest BCUT2D eigenvalue weighted by atomic mass is 10.1. The first-order chi connectivity index (χ1) is 11.2. The van der Waals surface area contributed by atoms with Gasteiger partial charge in [0.05, 0.1) is 0 Å². The van der Waals surface area contributed by atoms with Crippen molar-refractivity contribution < 1.29 is 4.79 Å². The van der Waals surface area contributed by atoms with Crippen LogP contribution >= 0.6 is 11.3 Å². The number of rotatable bonds is 4. The third kappa shape index (κ3) is 4.39. The molecule has 6 heteroatoms. The van der Waals surface area contributed by atoms with Crippen LogP contribution in [0.3, 0.4) is 0 Å². The Morgan fingerprint density at radius 1 is 1.30 bits per heavy atom. The Hall–Kier alpha value is -2.21. The second-order valence-electron chi connectivity index (χ2n) is 5.61. The maximum atomic E-state index is 12.2. The molecule has 2 N–H and O–H groups in total. The third-order valence-corrected chi connectivity index (χ3v) is 4.55. The van der Waals surface area contributed by atoms with Gasteiger partial charge in [0.25, 0.3) is 5.91 Å². The zero-order chi connectivity index (χ0) is 16.1. The molecule has 2 aromatic rings. The summed E-state index contributed by atoms with van der Waals surface area (Å²) >= 11 is 1.50. The number of amides is 1. The van der Waals surface area contributed by atoms with Gasteiger partial charge >= 0.3 is 0 Å². The number of hydrogen-bond acceptors (Lipinski definition) is 5. The first-order valence-electron chi connectivity index (χ1n) is 7.80. The number of carbonyl (C=O) groups excluding carboxylic acids is 1. The van der Waals surface area contributed by atoms with Crippen molar-refractivity contribution in [2.45, 2.75) is 26.2 Å². The highest BCUT2D eigenvalue weighted by molar-refractivity contribution is 7.15. The summed E-state index contributed by atoms with van der Waals surface area (Å²) in [6.45, 7) is 3.57. The van der Waals surface area contributed by atoms with Crippen LogP contribution in [0.4, 0.5) is 5.13 Å². The van der Waals surface area contributed by atoms with E-state index in [9.17, 15) is 4.79 Å². The van der Waals surface area contributed by atoms with Gasteiger partial charge in [-0.15, -0.1) is 11.3 Å². The normalized spacial score (nSPS) is 14.6. The molecule has 0 saturated heterocycles. The van der Waals surface area contributed by atoms with Gasteiger partial charge in [-0.25, -0.2) is 4.98 Å². The van der Waals surface area contributed by atoms with Crippen LogP contribution < -0.4 is 10.6 Å². The molecule has 23 heavy (non-hydrogen) atoms. The van der Waals surface area contributed by atoms with E-state index in [0.717, 1.165) is 30.7 Å². The molecule has 0 bridgehead atoms. The SMILES string of the molecule is Cc1ccc(Cc2cnc(NC(=O)C3=NCCCCN3)s2)cc1. The number of anilines is 1. The van der Waals surface area contributed by atoms with Crippen molar-refractivity contribution in [2.75, 3.05) is 18.4 Å². The molecular weight excluding hydrogens is 308 g/mol.